The maximum absolute atomic E-state index is 11.9. The van der Waals surface area contributed by atoms with Crippen LogP contribution in [0.1, 0.15) is 27.6 Å². The second-order valence-electron chi connectivity index (χ2n) is 3.47. The molecule has 0 bridgehead atoms. The Balaban J connectivity index is 2.46. The van der Waals surface area contributed by atoms with E-state index >= 15 is 0 Å². The van der Waals surface area contributed by atoms with Crippen molar-refractivity contribution in [3.8, 4) is 0 Å². The molecule has 0 aliphatic carbocycles. The number of hydrogen-bond donors (Lipinski definition) is 0. The lowest BCUT2D eigenvalue weighted by Crippen LogP contribution is -2.40. The predicted octanol–water partition coefficient (Wildman–Crippen LogP) is 1.59. The number of halogens is 1. The van der Waals surface area contributed by atoms with Crippen molar-refractivity contribution in [1.29, 1.82) is 0 Å². The molecule has 16 heavy (non-hydrogen) atoms. The van der Waals surface area contributed by atoms with Gasteiger partial charge in [0.1, 0.15) is 0 Å². The molecule has 0 saturated carbocycles. The fraction of sp³-hybridized carbons (Fsp3) is 0.182. The molecule has 1 aromatic rings. The molecule has 0 radical (unpaired) electrons. The molecule has 2 rings (SSSR count). The van der Waals surface area contributed by atoms with Gasteiger partial charge in [0.05, 0.1) is 11.1 Å². The molecule has 1 aromatic carbocycles. The summed E-state index contributed by atoms with van der Waals surface area (Å²) < 4.78 is 0. The first-order valence-electron chi connectivity index (χ1n) is 4.65. The van der Waals surface area contributed by atoms with Crippen molar-refractivity contribution in [3.63, 3.8) is 0 Å². The number of fused-ring (bicyclic) bond motifs is 1. The van der Waals surface area contributed by atoms with Gasteiger partial charge >= 0.3 is 0 Å². The monoisotopic (exact) mass is 281 g/mol. The van der Waals surface area contributed by atoms with Crippen molar-refractivity contribution in [1.82, 2.24) is 4.90 Å². The van der Waals surface area contributed by atoms with Gasteiger partial charge in [0.25, 0.3) is 11.8 Å². The van der Waals surface area contributed by atoms with Gasteiger partial charge in [-0.15, -0.1) is 0 Å². The number of carbonyl (C=O) groups excluding carboxylic acids is 3. The average Bonchev–Trinajstić information content (AvgIpc) is 2.52. The lowest BCUT2D eigenvalue weighted by atomic mass is 10.1. The summed E-state index contributed by atoms with van der Waals surface area (Å²) in [6.07, 6.45) is 0. The van der Waals surface area contributed by atoms with E-state index in [0.717, 1.165) is 4.90 Å². The van der Waals surface area contributed by atoms with Crippen LogP contribution >= 0.6 is 15.9 Å². The van der Waals surface area contributed by atoms with E-state index in [4.69, 9.17) is 0 Å². The molecule has 0 aromatic heterocycles. The zero-order valence-electron chi connectivity index (χ0n) is 8.44. The fourth-order valence-corrected chi connectivity index (χ4v) is 1.97. The number of ketones is 1. The second-order valence-corrected chi connectivity index (χ2v) is 4.34. The molecule has 0 fully saturated rings. The Bertz CT molecular complexity index is 463. The van der Waals surface area contributed by atoms with Crippen molar-refractivity contribution in [2.45, 2.75) is 11.9 Å². The summed E-state index contributed by atoms with van der Waals surface area (Å²) in [6, 6.07) is 6.53. The van der Waals surface area contributed by atoms with Crippen LogP contribution in [0.3, 0.4) is 0 Å². The first-order valence-corrected chi connectivity index (χ1v) is 5.57. The van der Waals surface area contributed by atoms with Crippen LogP contribution in [0.25, 0.3) is 0 Å². The Labute approximate surface area is 100 Å². The lowest BCUT2D eigenvalue weighted by Gasteiger charge is -2.17. The van der Waals surface area contributed by atoms with E-state index in [1.807, 2.05) is 0 Å². The Morgan fingerprint density at radius 2 is 1.62 bits per heavy atom. The number of alkyl halides is 1. The zero-order valence-corrected chi connectivity index (χ0v) is 10.0. The van der Waals surface area contributed by atoms with E-state index in [0.29, 0.717) is 11.1 Å². The number of amides is 2. The number of nitrogens with zero attached hydrogens (tertiary/aromatic N) is 1. The zero-order chi connectivity index (χ0) is 11.9. The maximum atomic E-state index is 11.9. The van der Waals surface area contributed by atoms with Gasteiger partial charge in [-0.2, -0.15) is 0 Å². The molecule has 1 aliphatic heterocycles. The van der Waals surface area contributed by atoms with Gasteiger partial charge in [-0.05, 0) is 19.1 Å². The minimum absolute atomic E-state index is 0.283. The third-order valence-electron chi connectivity index (χ3n) is 2.39. The molecule has 0 spiro atoms. The minimum atomic E-state index is -0.889. The maximum Gasteiger partial charge on any atom is 0.262 e. The van der Waals surface area contributed by atoms with Crippen molar-refractivity contribution in [2.24, 2.45) is 0 Å². The van der Waals surface area contributed by atoms with Crippen LogP contribution in [0.2, 0.25) is 0 Å². The standard InChI is InChI=1S/C11H8BrNO3/c1-6(14)9(12)13-10(15)7-4-2-3-5-8(7)11(13)16/h2-5,9H,1H3/t9-/m0/s1. The van der Waals surface area contributed by atoms with Crippen LogP contribution in [0.5, 0.6) is 0 Å². The van der Waals surface area contributed by atoms with Crippen LogP contribution in [-0.4, -0.2) is 27.4 Å². The first kappa shape index (κ1) is 11.0. The van der Waals surface area contributed by atoms with Gasteiger partial charge in [0.2, 0.25) is 0 Å². The van der Waals surface area contributed by atoms with Crippen molar-refractivity contribution < 1.29 is 14.4 Å². The Morgan fingerprint density at radius 1 is 1.19 bits per heavy atom. The highest BCUT2D eigenvalue weighted by Crippen LogP contribution is 2.26. The topological polar surface area (TPSA) is 54.5 Å². The molecule has 1 heterocycles. The number of imide groups is 1. The predicted molar refractivity (Wildman–Crippen MR) is 60.3 cm³/mol. The summed E-state index contributed by atoms with van der Waals surface area (Å²) in [6.45, 7) is 1.32. The first-order chi connectivity index (χ1) is 7.54. The summed E-state index contributed by atoms with van der Waals surface area (Å²) in [5.74, 6) is -1.15. The molecule has 82 valence electrons. The molecule has 1 aliphatic rings. The number of benzene rings is 1. The molecular formula is C11H8BrNO3. The van der Waals surface area contributed by atoms with E-state index in [-0.39, 0.29) is 5.78 Å². The van der Waals surface area contributed by atoms with E-state index in [1.54, 1.807) is 24.3 Å². The molecule has 0 saturated heterocycles. The van der Waals surface area contributed by atoms with Gasteiger partial charge in [0, 0.05) is 0 Å². The van der Waals surface area contributed by atoms with E-state index < -0.39 is 16.8 Å². The van der Waals surface area contributed by atoms with Crippen molar-refractivity contribution >= 4 is 33.5 Å². The Hall–Kier alpha value is -1.49. The summed E-state index contributed by atoms with van der Waals surface area (Å²) in [5, 5.41) is 0. The van der Waals surface area contributed by atoms with Crippen molar-refractivity contribution in [3.05, 3.63) is 35.4 Å². The molecular weight excluding hydrogens is 274 g/mol. The molecule has 4 nitrogen and oxygen atoms in total. The average molecular weight is 282 g/mol. The normalized spacial score (nSPS) is 16.2. The quantitative estimate of drug-likeness (QED) is 0.470. The summed E-state index contributed by atoms with van der Waals surface area (Å²) in [7, 11) is 0. The largest absolute Gasteiger partial charge is 0.297 e. The SMILES string of the molecule is CC(=O)[C@@H](Br)N1C(=O)c2ccccc2C1=O. The number of Topliss-reactive ketones (excluding diaryl/α,β-unsaturated/α-hetero) is 1. The smallest absolute Gasteiger partial charge is 0.262 e. The molecule has 2 amide bonds. The van der Waals surface area contributed by atoms with E-state index in [2.05, 4.69) is 15.9 Å². The lowest BCUT2D eigenvalue weighted by molar-refractivity contribution is -0.118. The highest BCUT2D eigenvalue weighted by Gasteiger charge is 2.40. The van der Waals surface area contributed by atoms with E-state index in [9.17, 15) is 14.4 Å². The Morgan fingerprint density at radius 3 is 2.00 bits per heavy atom. The second kappa shape index (κ2) is 3.83. The van der Waals surface area contributed by atoms with Crippen molar-refractivity contribution in [2.75, 3.05) is 0 Å². The molecule has 5 heteroatoms. The van der Waals surface area contributed by atoms with Crippen LogP contribution in [0.4, 0.5) is 0 Å². The molecule has 0 N–H and O–H groups in total. The van der Waals surface area contributed by atoms with Gasteiger partial charge < -0.3 is 0 Å². The highest BCUT2D eigenvalue weighted by atomic mass is 79.9. The number of hydrogen-bond acceptors (Lipinski definition) is 3. The van der Waals surface area contributed by atoms with Crippen LogP contribution in [0.15, 0.2) is 24.3 Å². The number of carbonyl (C=O) groups is 3. The van der Waals surface area contributed by atoms with Crippen LogP contribution in [-0.2, 0) is 4.79 Å². The molecule has 1 atom stereocenters. The van der Waals surface area contributed by atoms with Crippen LogP contribution in [0, 0.1) is 0 Å². The van der Waals surface area contributed by atoms with Gasteiger partial charge in [-0.3, -0.25) is 19.3 Å². The fourth-order valence-electron chi connectivity index (χ4n) is 1.60. The number of rotatable bonds is 2. The van der Waals surface area contributed by atoms with E-state index in [1.165, 1.54) is 6.92 Å². The third kappa shape index (κ3) is 1.48. The minimum Gasteiger partial charge on any atom is -0.297 e. The summed E-state index contributed by atoms with van der Waals surface area (Å²) in [5.41, 5.74) is 0.691. The summed E-state index contributed by atoms with van der Waals surface area (Å²) in [4.78, 5) is 35.0. The van der Waals surface area contributed by atoms with Gasteiger partial charge in [-0.1, -0.05) is 28.1 Å². The molecule has 0 unspecified atom stereocenters. The third-order valence-corrected chi connectivity index (χ3v) is 3.44. The Kier molecular flexibility index (Phi) is 2.63. The van der Waals surface area contributed by atoms with Gasteiger partial charge in [0.15, 0.2) is 10.7 Å². The summed E-state index contributed by atoms with van der Waals surface area (Å²) >= 11 is 3.04. The highest BCUT2D eigenvalue weighted by molar-refractivity contribution is 9.10. The van der Waals surface area contributed by atoms with Crippen LogP contribution < -0.4 is 0 Å². The van der Waals surface area contributed by atoms with Gasteiger partial charge in [-0.25, -0.2) is 0 Å².